The van der Waals surface area contributed by atoms with E-state index in [-0.39, 0.29) is 11.5 Å². The molecule has 0 aliphatic heterocycles. The predicted octanol–water partition coefficient (Wildman–Crippen LogP) is 5.40. The summed E-state index contributed by atoms with van der Waals surface area (Å²) in [5.41, 5.74) is 2.24. The van der Waals surface area contributed by atoms with E-state index >= 15 is 0 Å². The fourth-order valence-electron chi connectivity index (χ4n) is 3.33. The van der Waals surface area contributed by atoms with Crippen molar-refractivity contribution < 1.29 is 23.4 Å². The van der Waals surface area contributed by atoms with Crippen LogP contribution in [0.15, 0.2) is 82.0 Å². The molecular weight excluding hydrogens is 420 g/mol. The summed E-state index contributed by atoms with van der Waals surface area (Å²) in [6.45, 7) is 1.87. The molecule has 0 unspecified atom stereocenters. The molecule has 4 aromatic rings. The standard InChI is InChI=1S/C27H22O6/c1-17-4-14-23-22(16-17)25(29)27(26(32-23)19-8-12-21(31-3)13-9-19)33-24(28)15-7-18-5-10-20(30-2)11-6-18/h4-16H,1-3H3. The van der Waals surface area contributed by atoms with E-state index in [9.17, 15) is 9.59 Å². The molecule has 33 heavy (non-hydrogen) atoms. The van der Waals surface area contributed by atoms with Gasteiger partial charge in [0.15, 0.2) is 5.76 Å². The highest BCUT2D eigenvalue weighted by Crippen LogP contribution is 2.32. The fraction of sp³-hybridized carbons (Fsp3) is 0.111. The topological polar surface area (TPSA) is 75.0 Å². The van der Waals surface area contributed by atoms with Crippen molar-refractivity contribution in [2.45, 2.75) is 6.92 Å². The molecule has 0 saturated heterocycles. The third-order valence-electron chi connectivity index (χ3n) is 5.09. The van der Waals surface area contributed by atoms with Gasteiger partial charge < -0.3 is 18.6 Å². The van der Waals surface area contributed by atoms with Gasteiger partial charge in [-0.3, -0.25) is 4.79 Å². The Kier molecular flexibility index (Phi) is 6.26. The maximum atomic E-state index is 13.3. The average molecular weight is 442 g/mol. The Balaban J connectivity index is 1.73. The van der Waals surface area contributed by atoms with Crippen LogP contribution in [0.2, 0.25) is 0 Å². The van der Waals surface area contributed by atoms with Crippen molar-refractivity contribution in [3.8, 4) is 28.6 Å². The van der Waals surface area contributed by atoms with Crippen LogP contribution < -0.4 is 19.6 Å². The quantitative estimate of drug-likeness (QED) is 0.294. The fourth-order valence-corrected chi connectivity index (χ4v) is 3.33. The van der Waals surface area contributed by atoms with Crippen LogP contribution in [0, 0.1) is 6.92 Å². The number of methoxy groups -OCH3 is 2. The highest BCUT2D eigenvalue weighted by atomic mass is 16.5. The van der Waals surface area contributed by atoms with Gasteiger partial charge >= 0.3 is 5.97 Å². The maximum Gasteiger partial charge on any atom is 0.336 e. The van der Waals surface area contributed by atoms with Gasteiger partial charge in [0.25, 0.3) is 0 Å². The summed E-state index contributed by atoms with van der Waals surface area (Å²) in [4.78, 5) is 25.9. The summed E-state index contributed by atoms with van der Waals surface area (Å²) < 4.78 is 21.9. The van der Waals surface area contributed by atoms with E-state index in [0.717, 1.165) is 11.1 Å². The first-order chi connectivity index (χ1) is 16.0. The molecule has 1 aromatic heterocycles. The highest BCUT2D eigenvalue weighted by Gasteiger charge is 2.20. The van der Waals surface area contributed by atoms with E-state index in [0.29, 0.717) is 28.0 Å². The number of esters is 1. The van der Waals surface area contributed by atoms with Crippen molar-refractivity contribution in [1.29, 1.82) is 0 Å². The Hall–Kier alpha value is -4.32. The molecule has 0 aliphatic carbocycles. The number of rotatable bonds is 6. The smallest absolute Gasteiger partial charge is 0.336 e. The molecule has 0 fully saturated rings. The summed E-state index contributed by atoms with van der Waals surface area (Å²) >= 11 is 0. The molecule has 4 rings (SSSR count). The second-order valence-electron chi connectivity index (χ2n) is 7.35. The van der Waals surface area contributed by atoms with Crippen LogP contribution in [0.3, 0.4) is 0 Å². The van der Waals surface area contributed by atoms with E-state index < -0.39 is 11.4 Å². The second-order valence-corrected chi connectivity index (χ2v) is 7.35. The zero-order chi connectivity index (χ0) is 23.4. The van der Waals surface area contributed by atoms with Crippen molar-refractivity contribution in [3.05, 3.63) is 94.2 Å². The molecule has 0 N–H and O–H groups in total. The van der Waals surface area contributed by atoms with Gasteiger partial charge in [-0.2, -0.15) is 0 Å². The second kappa shape index (κ2) is 9.44. The molecule has 0 amide bonds. The minimum Gasteiger partial charge on any atom is -0.497 e. The van der Waals surface area contributed by atoms with Gasteiger partial charge in [-0.05, 0) is 67.1 Å². The molecule has 166 valence electrons. The zero-order valence-corrected chi connectivity index (χ0v) is 18.5. The number of carbonyl (C=O) groups excluding carboxylic acids is 1. The Morgan fingerprint density at radius 1 is 0.879 bits per heavy atom. The van der Waals surface area contributed by atoms with Gasteiger partial charge in [0.2, 0.25) is 11.2 Å². The van der Waals surface area contributed by atoms with Crippen molar-refractivity contribution in [2.75, 3.05) is 14.2 Å². The SMILES string of the molecule is COc1ccc(C=CC(=O)Oc2c(-c3ccc(OC)cc3)oc3ccc(C)cc3c2=O)cc1. The van der Waals surface area contributed by atoms with Crippen LogP contribution >= 0.6 is 0 Å². The van der Waals surface area contributed by atoms with Gasteiger partial charge in [0.1, 0.15) is 17.1 Å². The number of benzene rings is 3. The van der Waals surface area contributed by atoms with Crippen LogP contribution in [0.25, 0.3) is 28.4 Å². The zero-order valence-electron chi connectivity index (χ0n) is 18.5. The van der Waals surface area contributed by atoms with Crippen LogP contribution in [-0.4, -0.2) is 20.2 Å². The van der Waals surface area contributed by atoms with Gasteiger partial charge in [-0.25, -0.2) is 4.79 Å². The molecule has 6 nitrogen and oxygen atoms in total. The number of ether oxygens (including phenoxy) is 3. The Morgan fingerprint density at radius 3 is 2.15 bits per heavy atom. The molecular formula is C27H22O6. The lowest BCUT2D eigenvalue weighted by molar-refractivity contribution is -0.129. The Labute approximate surface area is 190 Å². The molecule has 0 aliphatic rings. The van der Waals surface area contributed by atoms with Crippen LogP contribution in [0.4, 0.5) is 0 Å². The number of fused-ring (bicyclic) bond motifs is 1. The first-order valence-electron chi connectivity index (χ1n) is 10.2. The minimum absolute atomic E-state index is 0.164. The summed E-state index contributed by atoms with van der Waals surface area (Å²) in [5, 5.41) is 0.342. The van der Waals surface area contributed by atoms with Crippen LogP contribution in [0.1, 0.15) is 11.1 Å². The molecule has 6 heteroatoms. The highest BCUT2D eigenvalue weighted by molar-refractivity contribution is 5.91. The van der Waals surface area contributed by atoms with E-state index in [4.69, 9.17) is 18.6 Å². The number of carbonyl (C=O) groups is 1. The van der Waals surface area contributed by atoms with Crippen LogP contribution in [0.5, 0.6) is 17.2 Å². The average Bonchev–Trinajstić information content (AvgIpc) is 2.85. The Morgan fingerprint density at radius 2 is 1.52 bits per heavy atom. The summed E-state index contributed by atoms with van der Waals surface area (Å²) in [6.07, 6.45) is 2.86. The molecule has 0 spiro atoms. The van der Waals surface area contributed by atoms with Gasteiger partial charge in [-0.15, -0.1) is 0 Å². The van der Waals surface area contributed by atoms with Gasteiger partial charge in [0.05, 0.1) is 19.6 Å². The van der Waals surface area contributed by atoms with E-state index in [1.807, 2.05) is 13.0 Å². The molecule has 0 saturated carbocycles. The predicted molar refractivity (Wildman–Crippen MR) is 127 cm³/mol. The third-order valence-corrected chi connectivity index (χ3v) is 5.09. The van der Waals surface area contributed by atoms with Crippen LogP contribution in [-0.2, 0) is 4.79 Å². The first-order valence-corrected chi connectivity index (χ1v) is 10.2. The number of hydrogen-bond acceptors (Lipinski definition) is 6. The summed E-state index contributed by atoms with van der Waals surface area (Å²) in [6, 6.07) is 19.4. The molecule has 0 bridgehead atoms. The lowest BCUT2D eigenvalue weighted by atomic mass is 10.1. The molecule has 0 radical (unpaired) electrons. The lowest BCUT2D eigenvalue weighted by Crippen LogP contribution is -2.14. The van der Waals surface area contributed by atoms with Gasteiger partial charge in [-0.1, -0.05) is 23.8 Å². The van der Waals surface area contributed by atoms with E-state index in [1.54, 1.807) is 81.0 Å². The van der Waals surface area contributed by atoms with Crippen molar-refractivity contribution in [1.82, 2.24) is 0 Å². The maximum absolute atomic E-state index is 13.3. The largest absolute Gasteiger partial charge is 0.497 e. The normalized spacial score (nSPS) is 11.0. The van der Waals surface area contributed by atoms with Crippen molar-refractivity contribution in [2.24, 2.45) is 0 Å². The van der Waals surface area contributed by atoms with E-state index in [1.165, 1.54) is 6.08 Å². The first kappa shape index (κ1) is 21.9. The number of aryl methyl sites for hydroxylation is 1. The van der Waals surface area contributed by atoms with Crippen molar-refractivity contribution >= 4 is 23.0 Å². The lowest BCUT2D eigenvalue weighted by Gasteiger charge is -2.10. The minimum atomic E-state index is -0.695. The molecule has 0 atom stereocenters. The summed E-state index contributed by atoms with van der Waals surface area (Å²) in [5.74, 6) is 0.675. The van der Waals surface area contributed by atoms with Crippen molar-refractivity contribution in [3.63, 3.8) is 0 Å². The molecule has 1 heterocycles. The number of hydrogen-bond donors (Lipinski definition) is 0. The molecule has 3 aromatic carbocycles. The monoisotopic (exact) mass is 442 g/mol. The van der Waals surface area contributed by atoms with Gasteiger partial charge in [0, 0.05) is 11.6 Å². The third kappa shape index (κ3) is 4.80. The Bertz CT molecular complexity index is 1380. The van der Waals surface area contributed by atoms with E-state index in [2.05, 4.69) is 0 Å². The summed E-state index contributed by atoms with van der Waals surface area (Å²) in [7, 11) is 3.15.